The van der Waals surface area contributed by atoms with Crippen LogP contribution in [0.2, 0.25) is 0 Å². The third-order valence-electron chi connectivity index (χ3n) is 5.99. The first kappa shape index (κ1) is 16.8. The monoisotopic (exact) mass is 361 g/mol. The highest BCUT2D eigenvalue weighted by Crippen LogP contribution is 2.52. The molecule has 136 valence electrons. The highest BCUT2D eigenvalue weighted by molar-refractivity contribution is 5.83. The lowest BCUT2D eigenvalue weighted by molar-refractivity contribution is 0.520. The highest BCUT2D eigenvalue weighted by Gasteiger charge is 2.43. The van der Waals surface area contributed by atoms with E-state index in [2.05, 4.69) is 97.1 Å². The van der Waals surface area contributed by atoms with Crippen LogP contribution in [0.5, 0.6) is 0 Å². The topological polar surface area (TPSA) is 26.0 Å². The summed E-state index contributed by atoms with van der Waals surface area (Å²) in [5.74, 6) is 0. The Bertz CT molecular complexity index is 1070. The van der Waals surface area contributed by atoms with Crippen LogP contribution in [-0.2, 0) is 18.3 Å². The zero-order chi connectivity index (χ0) is 19.0. The van der Waals surface area contributed by atoms with Gasteiger partial charge >= 0.3 is 0 Å². The van der Waals surface area contributed by atoms with Crippen molar-refractivity contribution in [1.82, 2.24) is 0 Å². The van der Waals surface area contributed by atoms with Gasteiger partial charge in [-0.25, -0.2) is 0 Å². The van der Waals surface area contributed by atoms with Gasteiger partial charge in [0.2, 0.25) is 0 Å². The Hall–Kier alpha value is -3.32. The van der Waals surface area contributed by atoms with Crippen molar-refractivity contribution in [3.05, 3.63) is 125 Å². The van der Waals surface area contributed by atoms with E-state index in [-0.39, 0.29) is 5.41 Å². The molecule has 0 saturated heterocycles. The molecule has 0 heterocycles. The second-order valence-corrected chi connectivity index (χ2v) is 7.76. The van der Waals surface area contributed by atoms with E-state index in [4.69, 9.17) is 5.73 Å². The van der Waals surface area contributed by atoms with E-state index in [1.807, 2.05) is 6.07 Å². The molecule has 1 nitrogen and oxygen atoms in total. The molecule has 0 saturated carbocycles. The van der Waals surface area contributed by atoms with Crippen molar-refractivity contribution in [2.75, 3.05) is 5.73 Å². The SMILES string of the molecule is Nc1ccc2c(c1)C(Cc1ccccc1)(Cc1ccccc1)c1ccccc1-2. The summed E-state index contributed by atoms with van der Waals surface area (Å²) >= 11 is 0. The largest absolute Gasteiger partial charge is 0.399 e. The maximum absolute atomic E-state index is 6.27. The summed E-state index contributed by atoms with van der Waals surface area (Å²) in [6.45, 7) is 0. The Morgan fingerprint density at radius 1 is 0.536 bits per heavy atom. The predicted octanol–water partition coefficient (Wildman–Crippen LogP) is 6.02. The van der Waals surface area contributed by atoms with Crippen LogP contribution < -0.4 is 5.73 Å². The first-order valence-electron chi connectivity index (χ1n) is 9.84. The summed E-state index contributed by atoms with van der Waals surface area (Å²) in [6, 6.07) is 36.9. The number of hydrogen-bond acceptors (Lipinski definition) is 1. The molecule has 0 bridgehead atoms. The van der Waals surface area contributed by atoms with Crippen LogP contribution in [0.4, 0.5) is 5.69 Å². The quantitative estimate of drug-likeness (QED) is 0.442. The lowest BCUT2D eigenvalue weighted by Crippen LogP contribution is -2.31. The molecule has 1 aliphatic carbocycles. The van der Waals surface area contributed by atoms with E-state index in [0.717, 1.165) is 18.5 Å². The van der Waals surface area contributed by atoms with Gasteiger partial charge in [-0.05, 0) is 58.4 Å². The second kappa shape index (κ2) is 6.69. The van der Waals surface area contributed by atoms with Gasteiger partial charge in [-0.15, -0.1) is 0 Å². The molecule has 0 spiro atoms. The summed E-state index contributed by atoms with van der Waals surface area (Å²) in [4.78, 5) is 0. The van der Waals surface area contributed by atoms with Crippen LogP contribution >= 0.6 is 0 Å². The minimum Gasteiger partial charge on any atom is -0.399 e. The fourth-order valence-corrected chi connectivity index (χ4v) is 4.81. The molecule has 0 unspecified atom stereocenters. The fraction of sp³-hybridized carbons (Fsp3) is 0.111. The first-order valence-corrected chi connectivity index (χ1v) is 9.84. The van der Waals surface area contributed by atoms with E-state index in [0.29, 0.717) is 0 Å². The summed E-state index contributed by atoms with van der Waals surface area (Å²) in [7, 11) is 0. The molecule has 5 rings (SSSR count). The first-order chi connectivity index (χ1) is 13.8. The number of nitrogens with two attached hydrogens (primary N) is 1. The molecular formula is C27H23N. The minimum atomic E-state index is -0.121. The van der Waals surface area contributed by atoms with E-state index in [9.17, 15) is 0 Å². The summed E-state index contributed by atoms with van der Waals surface area (Å²) in [6.07, 6.45) is 1.91. The van der Waals surface area contributed by atoms with Gasteiger partial charge in [0.1, 0.15) is 0 Å². The normalized spacial score (nSPS) is 13.7. The van der Waals surface area contributed by atoms with E-state index >= 15 is 0 Å². The molecule has 4 aromatic carbocycles. The lowest BCUT2D eigenvalue weighted by Gasteiger charge is -2.33. The van der Waals surface area contributed by atoms with Crippen molar-refractivity contribution in [2.24, 2.45) is 0 Å². The van der Waals surface area contributed by atoms with Crippen molar-refractivity contribution in [3.8, 4) is 11.1 Å². The Labute approximate surface area is 166 Å². The smallest absolute Gasteiger partial charge is 0.0317 e. The minimum absolute atomic E-state index is 0.121. The summed E-state index contributed by atoms with van der Waals surface area (Å²) in [5.41, 5.74) is 15.1. The van der Waals surface area contributed by atoms with Crippen LogP contribution in [0, 0.1) is 0 Å². The Morgan fingerprint density at radius 2 is 1.07 bits per heavy atom. The van der Waals surface area contributed by atoms with Gasteiger partial charge in [0.15, 0.2) is 0 Å². The zero-order valence-electron chi connectivity index (χ0n) is 15.8. The number of rotatable bonds is 4. The molecule has 4 aromatic rings. The number of hydrogen-bond donors (Lipinski definition) is 1. The van der Waals surface area contributed by atoms with Crippen LogP contribution in [0.3, 0.4) is 0 Å². The predicted molar refractivity (Wildman–Crippen MR) is 117 cm³/mol. The average molecular weight is 361 g/mol. The number of benzene rings is 4. The average Bonchev–Trinajstić information content (AvgIpc) is 2.99. The fourth-order valence-electron chi connectivity index (χ4n) is 4.81. The Balaban J connectivity index is 1.77. The molecule has 1 heteroatoms. The van der Waals surface area contributed by atoms with Crippen molar-refractivity contribution in [3.63, 3.8) is 0 Å². The van der Waals surface area contributed by atoms with Gasteiger partial charge in [-0.1, -0.05) is 91.0 Å². The van der Waals surface area contributed by atoms with Gasteiger partial charge in [0.25, 0.3) is 0 Å². The Morgan fingerprint density at radius 3 is 1.71 bits per heavy atom. The molecular weight excluding hydrogens is 338 g/mol. The van der Waals surface area contributed by atoms with Gasteiger partial charge in [-0.3, -0.25) is 0 Å². The van der Waals surface area contributed by atoms with Crippen molar-refractivity contribution in [1.29, 1.82) is 0 Å². The Kier molecular flexibility index (Phi) is 4.02. The van der Waals surface area contributed by atoms with E-state index in [1.165, 1.54) is 33.4 Å². The molecule has 0 aliphatic heterocycles. The zero-order valence-corrected chi connectivity index (χ0v) is 15.8. The molecule has 0 fully saturated rings. The molecule has 2 N–H and O–H groups in total. The third-order valence-corrected chi connectivity index (χ3v) is 5.99. The molecule has 0 aromatic heterocycles. The van der Waals surface area contributed by atoms with Crippen LogP contribution in [0.25, 0.3) is 11.1 Å². The number of nitrogen functional groups attached to an aromatic ring is 1. The maximum atomic E-state index is 6.27. The standard InChI is InChI=1S/C27H23N/c28-22-15-16-24-23-13-7-8-14-25(23)27(26(24)17-22,18-20-9-3-1-4-10-20)19-21-11-5-2-6-12-21/h1-17H,18-19,28H2. The van der Waals surface area contributed by atoms with Gasteiger partial charge in [0, 0.05) is 11.1 Å². The summed E-state index contributed by atoms with van der Waals surface area (Å²) in [5, 5.41) is 0. The van der Waals surface area contributed by atoms with Crippen molar-refractivity contribution < 1.29 is 0 Å². The maximum Gasteiger partial charge on any atom is 0.0317 e. The molecule has 0 atom stereocenters. The molecule has 0 amide bonds. The van der Waals surface area contributed by atoms with Crippen molar-refractivity contribution in [2.45, 2.75) is 18.3 Å². The van der Waals surface area contributed by atoms with E-state index in [1.54, 1.807) is 0 Å². The molecule has 28 heavy (non-hydrogen) atoms. The van der Waals surface area contributed by atoms with Crippen LogP contribution in [0.1, 0.15) is 22.3 Å². The van der Waals surface area contributed by atoms with E-state index < -0.39 is 0 Å². The van der Waals surface area contributed by atoms with Crippen molar-refractivity contribution >= 4 is 5.69 Å². The van der Waals surface area contributed by atoms with Gasteiger partial charge in [-0.2, -0.15) is 0 Å². The number of anilines is 1. The van der Waals surface area contributed by atoms with Crippen LogP contribution in [0.15, 0.2) is 103 Å². The summed E-state index contributed by atoms with van der Waals surface area (Å²) < 4.78 is 0. The van der Waals surface area contributed by atoms with Gasteiger partial charge < -0.3 is 5.73 Å². The van der Waals surface area contributed by atoms with Crippen LogP contribution in [-0.4, -0.2) is 0 Å². The molecule has 0 radical (unpaired) electrons. The third kappa shape index (κ3) is 2.71. The lowest BCUT2D eigenvalue weighted by atomic mass is 9.69. The number of fused-ring (bicyclic) bond motifs is 3. The van der Waals surface area contributed by atoms with Gasteiger partial charge in [0.05, 0.1) is 0 Å². The highest BCUT2D eigenvalue weighted by atomic mass is 14.6. The molecule has 1 aliphatic rings. The second-order valence-electron chi connectivity index (χ2n) is 7.76.